The first-order valence-corrected chi connectivity index (χ1v) is 3.89. The minimum absolute atomic E-state index is 0.413. The molecule has 0 aromatic heterocycles. The predicted octanol–water partition coefficient (Wildman–Crippen LogP) is -0.463. The van der Waals surface area contributed by atoms with Gasteiger partial charge >= 0.3 is 0 Å². The second-order valence-electron chi connectivity index (χ2n) is 1.84. The lowest BCUT2D eigenvalue weighted by molar-refractivity contribution is 0.578. The first-order chi connectivity index (χ1) is 3.83. The van der Waals surface area contributed by atoms with E-state index in [1.54, 1.807) is 0 Å². The van der Waals surface area contributed by atoms with Crippen LogP contribution in [-0.2, 0) is 11.5 Å². The summed E-state index contributed by atoms with van der Waals surface area (Å²) in [5.74, 6) is 0. The minimum Gasteiger partial charge on any atom is -0.579 e. The molecule has 1 fully saturated rings. The molecular weight excluding hydrogens is 124 g/mol. The van der Waals surface area contributed by atoms with Crippen molar-refractivity contribution < 1.29 is 4.55 Å². The molecule has 2 N–H and O–H groups in total. The first-order valence-electron chi connectivity index (χ1n) is 2.74. The SMILES string of the molecule is CC[C@@H]1CN[S+]([O-])N1. The van der Waals surface area contributed by atoms with Crippen LogP contribution in [0.1, 0.15) is 13.3 Å². The lowest BCUT2D eigenvalue weighted by Crippen LogP contribution is -2.26. The highest BCUT2D eigenvalue weighted by Crippen LogP contribution is 1.98. The fourth-order valence-corrected chi connectivity index (χ4v) is 1.63. The van der Waals surface area contributed by atoms with Crippen molar-refractivity contribution in [3.8, 4) is 0 Å². The van der Waals surface area contributed by atoms with E-state index in [0.717, 1.165) is 13.0 Å². The van der Waals surface area contributed by atoms with E-state index >= 15 is 0 Å². The second-order valence-corrected chi connectivity index (χ2v) is 2.90. The summed E-state index contributed by atoms with van der Waals surface area (Å²) in [6.07, 6.45) is 1.04. The second kappa shape index (κ2) is 2.68. The maximum atomic E-state index is 10.5. The van der Waals surface area contributed by atoms with Crippen molar-refractivity contribution in [2.75, 3.05) is 6.54 Å². The van der Waals surface area contributed by atoms with Gasteiger partial charge < -0.3 is 4.55 Å². The van der Waals surface area contributed by atoms with Gasteiger partial charge in [-0.1, -0.05) is 6.92 Å². The Kier molecular flexibility index (Phi) is 2.13. The molecule has 3 nitrogen and oxygen atoms in total. The molecule has 4 heteroatoms. The van der Waals surface area contributed by atoms with Crippen LogP contribution in [0.15, 0.2) is 0 Å². The van der Waals surface area contributed by atoms with Gasteiger partial charge in [-0.15, -0.1) is 9.44 Å². The maximum Gasteiger partial charge on any atom is 0.135 e. The zero-order chi connectivity index (χ0) is 5.98. The molecule has 1 saturated heterocycles. The third kappa shape index (κ3) is 1.35. The molecule has 0 amide bonds. The highest BCUT2D eigenvalue weighted by Gasteiger charge is 2.22. The van der Waals surface area contributed by atoms with Crippen molar-refractivity contribution >= 4 is 11.5 Å². The molecular formula is C4H10N2OS. The van der Waals surface area contributed by atoms with Crippen molar-refractivity contribution in [2.24, 2.45) is 0 Å². The average Bonchev–Trinajstić information content (AvgIpc) is 2.14. The Morgan fingerprint density at radius 2 is 2.62 bits per heavy atom. The van der Waals surface area contributed by atoms with Gasteiger partial charge in [0, 0.05) is 0 Å². The molecule has 1 heterocycles. The monoisotopic (exact) mass is 134 g/mol. The quantitative estimate of drug-likeness (QED) is 0.477. The number of hydrogen-bond donors (Lipinski definition) is 2. The van der Waals surface area contributed by atoms with E-state index in [9.17, 15) is 4.55 Å². The third-order valence-electron chi connectivity index (χ3n) is 1.23. The summed E-state index contributed by atoms with van der Waals surface area (Å²) in [5.41, 5.74) is 0. The average molecular weight is 134 g/mol. The van der Waals surface area contributed by atoms with Gasteiger partial charge in [-0.2, -0.15) is 0 Å². The first kappa shape index (κ1) is 6.35. The van der Waals surface area contributed by atoms with Crippen LogP contribution < -0.4 is 9.44 Å². The molecule has 1 rings (SSSR count). The largest absolute Gasteiger partial charge is 0.579 e. The van der Waals surface area contributed by atoms with Crippen LogP contribution in [0.2, 0.25) is 0 Å². The van der Waals surface area contributed by atoms with Gasteiger partial charge in [0.15, 0.2) is 0 Å². The predicted molar refractivity (Wildman–Crippen MR) is 33.4 cm³/mol. The Hall–Kier alpha value is 0.230. The van der Waals surface area contributed by atoms with E-state index in [1.165, 1.54) is 0 Å². The topological polar surface area (TPSA) is 47.1 Å². The van der Waals surface area contributed by atoms with E-state index < -0.39 is 11.5 Å². The maximum absolute atomic E-state index is 10.5. The summed E-state index contributed by atoms with van der Waals surface area (Å²) in [6, 6.07) is 0.413. The van der Waals surface area contributed by atoms with Gasteiger partial charge in [-0.05, 0) is 6.42 Å². The van der Waals surface area contributed by atoms with Crippen molar-refractivity contribution in [1.29, 1.82) is 0 Å². The van der Waals surface area contributed by atoms with Crippen molar-refractivity contribution in [1.82, 2.24) is 9.44 Å². The van der Waals surface area contributed by atoms with Crippen molar-refractivity contribution in [2.45, 2.75) is 19.4 Å². The summed E-state index contributed by atoms with van der Waals surface area (Å²) in [7, 11) is 0. The summed E-state index contributed by atoms with van der Waals surface area (Å²) in [4.78, 5) is 0. The summed E-state index contributed by atoms with van der Waals surface area (Å²) < 4.78 is 16.1. The zero-order valence-corrected chi connectivity index (χ0v) is 5.62. The Morgan fingerprint density at radius 1 is 1.88 bits per heavy atom. The summed E-state index contributed by atoms with van der Waals surface area (Å²) >= 11 is -0.953. The Balaban J connectivity index is 2.22. The van der Waals surface area contributed by atoms with E-state index in [1.807, 2.05) is 0 Å². The molecule has 0 aliphatic carbocycles. The van der Waals surface area contributed by atoms with E-state index in [4.69, 9.17) is 0 Å². The highest BCUT2D eigenvalue weighted by atomic mass is 32.2. The zero-order valence-electron chi connectivity index (χ0n) is 4.81. The van der Waals surface area contributed by atoms with Crippen molar-refractivity contribution in [3.05, 3.63) is 0 Å². The van der Waals surface area contributed by atoms with Gasteiger partial charge in [-0.3, -0.25) is 0 Å². The Labute approximate surface area is 52.3 Å². The fourth-order valence-electron chi connectivity index (χ4n) is 0.639. The highest BCUT2D eigenvalue weighted by molar-refractivity contribution is 7.87. The van der Waals surface area contributed by atoms with Gasteiger partial charge in [0.25, 0.3) is 0 Å². The molecule has 0 bridgehead atoms. The van der Waals surface area contributed by atoms with Crippen LogP contribution in [0.25, 0.3) is 0 Å². The smallest absolute Gasteiger partial charge is 0.135 e. The van der Waals surface area contributed by atoms with Crippen LogP contribution in [0.3, 0.4) is 0 Å². The number of rotatable bonds is 1. The number of nitrogens with one attached hydrogen (secondary N) is 2. The van der Waals surface area contributed by atoms with Crippen LogP contribution in [0, 0.1) is 0 Å². The molecule has 0 aromatic rings. The lowest BCUT2D eigenvalue weighted by Gasteiger charge is -2.00. The Morgan fingerprint density at radius 3 is 2.88 bits per heavy atom. The normalized spacial score (nSPS) is 38.2. The van der Waals surface area contributed by atoms with Crippen molar-refractivity contribution in [3.63, 3.8) is 0 Å². The lowest BCUT2D eigenvalue weighted by atomic mass is 10.2. The van der Waals surface area contributed by atoms with Crippen LogP contribution in [0.4, 0.5) is 0 Å². The van der Waals surface area contributed by atoms with E-state index in [2.05, 4.69) is 16.4 Å². The van der Waals surface area contributed by atoms with E-state index in [-0.39, 0.29) is 0 Å². The molecule has 0 saturated carbocycles. The van der Waals surface area contributed by atoms with Gasteiger partial charge in [0.2, 0.25) is 0 Å². The Bertz CT molecular complexity index is 80.4. The van der Waals surface area contributed by atoms with Crippen LogP contribution in [-0.4, -0.2) is 17.1 Å². The minimum atomic E-state index is -0.953. The fraction of sp³-hybridized carbons (Fsp3) is 1.00. The van der Waals surface area contributed by atoms with E-state index in [0.29, 0.717) is 6.04 Å². The molecule has 1 aliphatic rings. The number of hydrogen-bond acceptors (Lipinski definition) is 3. The molecule has 0 radical (unpaired) electrons. The molecule has 0 spiro atoms. The molecule has 1 unspecified atom stereocenters. The van der Waals surface area contributed by atoms with Crippen LogP contribution >= 0.6 is 0 Å². The van der Waals surface area contributed by atoms with Gasteiger partial charge in [0.1, 0.15) is 11.5 Å². The van der Waals surface area contributed by atoms with Gasteiger partial charge in [-0.25, -0.2) is 0 Å². The standard InChI is InChI=1S/C4H10N2OS/c1-2-4-3-5-8(7)6-4/h4-6H,2-3H2,1H3/t4-,8?/m1/s1. The van der Waals surface area contributed by atoms with Gasteiger partial charge in [0.05, 0.1) is 12.6 Å². The van der Waals surface area contributed by atoms with Crippen LogP contribution in [0.5, 0.6) is 0 Å². The molecule has 48 valence electrons. The summed E-state index contributed by atoms with van der Waals surface area (Å²) in [6.45, 7) is 2.91. The molecule has 8 heavy (non-hydrogen) atoms. The molecule has 1 aliphatic heterocycles. The third-order valence-corrected chi connectivity index (χ3v) is 2.20. The summed E-state index contributed by atoms with van der Waals surface area (Å²) in [5, 5.41) is 0. The molecule has 0 aromatic carbocycles. The molecule has 2 atom stereocenters.